The number of rotatable bonds is 0. The molecule has 0 unspecified atom stereocenters. The van der Waals surface area contributed by atoms with Gasteiger partial charge < -0.3 is 5.11 Å². The van der Waals surface area contributed by atoms with Crippen molar-refractivity contribution in [2.75, 3.05) is 6.61 Å². The van der Waals surface area contributed by atoms with Crippen molar-refractivity contribution in [1.82, 2.24) is 0 Å². The number of aliphatic hydroxyl groups excluding tert-OH is 1. The molecular weight excluding hydrogens is 297 g/mol. The Morgan fingerprint density at radius 3 is 1.43 bits per heavy atom. The minimum atomic E-state index is -2.11. The molecule has 0 saturated heterocycles. The molecule has 0 aromatic rings. The molecule has 0 amide bonds. The van der Waals surface area contributed by atoms with Crippen LogP contribution < -0.4 is 0 Å². The zero-order valence-electron chi connectivity index (χ0n) is 3.70. The van der Waals surface area contributed by atoms with Gasteiger partial charge in [-0.1, -0.05) is 0 Å². The first-order valence-electron chi connectivity index (χ1n) is 1.49. The second-order valence-corrected chi connectivity index (χ2v) is 12.0. The quantitative estimate of drug-likeness (QED) is 0.726. The van der Waals surface area contributed by atoms with Crippen molar-refractivity contribution < 1.29 is 34.7 Å². The molecular formula is C2H6Cl3OSm. The zero-order valence-corrected chi connectivity index (χ0v) is 8.58. The fraction of sp³-hybridized carbons (Fsp3) is 1.00. The summed E-state index contributed by atoms with van der Waals surface area (Å²) in [5.41, 5.74) is 0. The van der Waals surface area contributed by atoms with Gasteiger partial charge in [-0.15, -0.1) is 0 Å². The van der Waals surface area contributed by atoms with E-state index in [1.54, 1.807) is 6.92 Å². The van der Waals surface area contributed by atoms with Crippen LogP contribution in [0.1, 0.15) is 6.92 Å². The van der Waals surface area contributed by atoms with Gasteiger partial charge in [0.1, 0.15) is 0 Å². The normalized spacial score (nSPS) is 7.71. The van der Waals surface area contributed by atoms with E-state index in [9.17, 15) is 0 Å². The molecule has 0 heterocycles. The van der Waals surface area contributed by atoms with E-state index in [4.69, 9.17) is 22.8 Å². The van der Waals surface area contributed by atoms with Crippen LogP contribution in [0.4, 0.5) is 0 Å². The van der Waals surface area contributed by atoms with Crippen molar-refractivity contribution in [3.05, 3.63) is 0 Å². The Bertz CT molecular complexity index is 24.1. The first kappa shape index (κ1) is 11.9. The summed E-state index contributed by atoms with van der Waals surface area (Å²) in [4.78, 5) is 0. The van der Waals surface area contributed by atoms with Crippen LogP contribution in [0.5, 0.6) is 0 Å². The second-order valence-electron chi connectivity index (χ2n) is 0.491. The van der Waals surface area contributed by atoms with Gasteiger partial charge in [-0.25, -0.2) is 0 Å². The molecule has 0 radical (unpaired) electrons. The summed E-state index contributed by atoms with van der Waals surface area (Å²) in [5, 5.41) is 7.57. The third kappa shape index (κ3) is 66.1. The molecule has 0 aromatic heterocycles. The van der Waals surface area contributed by atoms with Crippen LogP contribution >= 0.6 is 17.7 Å². The fourth-order valence-electron chi connectivity index (χ4n) is 0. The van der Waals surface area contributed by atoms with E-state index < -0.39 is 29.6 Å². The first-order chi connectivity index (χ1) is 3.15. The van der Waals surface area contributed by atoms with Gasteiger partial charge in [0.15, 0.2) is 0 Å². The fourth-order valence-corrected chi connectivity index (χ4v) is 0. The van der Waals surface area contributed by atoms with E-state index in [0.717, 1.165) is 0 Å². The van der Waals surface area contributed by atoms with E-state index in [1.807, 2.05) is 0 Å². The molecule has 0 atom stereocenters. The van der Waals surface area contributed by atoms with Gasteiger partial charge in [0.2, 0.25) is 0 Å². The molecule has 0 aromatic carbocycles. The van der Waals surface area contributed by atoms with Gasteiger partial charge in [-0.2, -0.15) is 0 Å². The Morgan fingerprint density at radius 1 is 1.43 bits per heavy atom. The Kier molecular flexibility index (Phi) is 18.8. The number of aliphatic hydroxyl groups is 1. The average molecular weight is 303 g/mol. The molecule has 0 aliphatic heterocycles. The van der Waals surface area contributed by atoms with Gasteiger partial charge in [0, 0.05) is 6.61 Å². The summed E-state index contributed by atoms with van der Waals surface area (Å²) in [7, 11) is 0. The molecule has 5 heteroatoms. The van der Waals surface area contributed by atoms with Crippen LogP contribution in [-0.4, -0.2) is 11.7 Å². The van der Waals surface area contributed by atoms with Gasteiger partial charge in [0.05, 0.1) is 0 Å². The zero-order chi connectivity index (χ0) is 6.28. The Balaban J connectivity index is 0. The molecule has 0 rings (SSSR count). The predicted molar refractivity (Wildman–Crippen MR) is 30.3 cm³/mol. The Labute approximate surface area is 64.6 Å². The molecule has 7 heavy (non-hydrogen) atoms. The summed E-state index contributed by atoms with van der Waals surface area (Å²) in [6.45, 7) is 1.93. The van der Waals surface area contributed by atoms with Crippen molar-refractivity contribution in [2.24, 2.45) is 0 Å². The monoisotopic (exact) mass is 303 g/mol. The topological polar surface area (TPSA) is 20.2 Å². The van der Waals surface area contributed by atoms with Crippen LogP contribution in [0.3, 0.4) is 0 Å². The molecule has 1 nitrogen and oxygen atoms in total. The standard InChI is InChI=1S/C2H6O.3ClH.Sm/c1-2-3;;;;/h3H,2H2,1H3;3*1H;/q;;;;+3/p-3. The molecule has 47 valence electrons. The second kappa shape index (κ2) is 11.0. The Hall–Kier alpha value is 2.17. The summed E-state index contributed by atoms with van der Waals surface area (Å²) in [6.07, 6.45) is 0. The first-order valence-corrected chi connectivity index (χ1v) is 11.3. The van der Waals surface area contributed by atoms with Gasteiger partial charge >= 0.3 is 47.2 Å². The summed E-state index contributed by atoms with van der Waals surface area (Å²) >= 11 is -2.11. The molecule has 0 aliphatic rings. The summed E-state index contributed by atoms with van der Waals surface area (Å²) in [5.74, 6) is 15.0. The van der Waals surface area contributed by atoms with Crippen LogP contribution in [0.25, 0.3) is 0 Å². The van der Waals surface area contributed by atoms with Crippen molar-refractivity contribution in [2.45, 2.75) is 6.92 Å². The minimum absolute atomic E-state index is 0.250. The molecule has 0 spiro atoms. The summed E-state index contributed by atoms with van der Waals surface area (Å²) < 4.78 is 0. The van der Waals surface area contributed by atoms with Crippen molar-refractivity contribution in [1.29, 1.82) is 0 Å². The van der Waals surface area contributed by atoms with Crippen molar-refractivity contribution >= 4 is 17.7 Å². The molecule has 0 bridgehead atoms. The van der Waals surface area contributed by atoms with Crippen LogP contribution in [-0.2, 0) is 0 Å². The van der Waals surface area contributed by atoms with Crippen LogP contribution in [0.15, 0.2) is 0 Å². The maximum atomic E-state index is 7.57. The predicted octanol–water partition coefficient (Wildman–Crippen LogP) is 2.07. The van der Waals surface area contributed by atoms with Gasteiger partial charge in [-0.3, -0.25) is 0 Å². The SMILES string of the molecule is CCO.[Cl][Sm]([Cl])[Cl]. The molecule has 1 N–H and O–H groups in total. The number of hydrogen-bond acceptors (Lipinski definition) is 1. The summed E-state index contributed by atoms with van der Waals surface area (Å²) in [6, 6.07) is 0. The maximum absolute atomic E-state index is 7.57. The third-order valence-electron chi connectivity index (χ3n) is 0. The third-order valence-corrected chi connectivity index (χ3v) is 0. The molecule has 0 fully saturated rings. The molecule has 0 aliphatic carbocycles. The molecule has 0 saturated carbocycles. The van der Waals surface area contributed by atoms with E-state index in [1.165, 1.54) is 0 Å². The van der Waals surface area contributed by atoms with Crippen molar-refractivity contribution in [3.8, 4) is 0 Å². The van der Waals surface area contributed by atoms with Crippen molar-refractivity contribution in [3.63, 3.8) is 0 Å². The van der Waals surface area contributed by atoms with E-state index in [-0.39, 0.29) is 6.61 Å². The Morgan fingerprint density at radius 2 is 1.43 bits per heavy atom. The number of halogens is 3. The average Bonchev–Trinajstić information content (AvgIpc) is 1.33. The van der Waals surface area contributed by atoms with Crippen LogP contribution in [0, 0.1) is 29.6 Å². The van der Waals surface area contributed by atoms with E-state index in [0.29, 0.717) is 0 Å². The van der Waals surface area contributed by atoms with E-state index in [2.05, 4.69) is 0 Å². The number of hydrogen-bond donors (Lipinski definition) is 1. The van der Waals surface area contributed by atoms with Gasteiger partial charge in [-0.05, 0) is 6.92 Å². The van der Waals surface area contributed by atoms with E-state index >= 15 is 0 Å². The van der Waals surface area contributed by atoms with Gasteiger partial charge in [0.25, 0.3) is 0 Å². The van der Waals surface area contributed by atoms with Crippen LogP contribution in [0.2, 0.25) is 0 Å².